The molecule has 1 aromatic carbocycles. The molecule has 0 unspecified atom stereocenters. The maximum atomic E-state index is 11.2. The first-order valence-electron chi connectivity index (χ1n) is 6.01. The number of piperazine rings is 1. The minimum absolute atomic E-state index is 0.167. The molecule has 0 spiro atoms. The Kier molecular flexibility index (Phi) is 4.87. The van der Waals surface area contributed by atoms with Gasteiger partial charge in [-0.2, -0.15) is 0 Å². The predicted octanol–water partition coefficient (Wildman–Crippen LogP) is 1.11. The number of benzene rings is 1. The number of hydrogen-bond acceptors (Lipinski definition) is 4. The van der Waals surface area contributed by atoms with Crippen LogP contribution in [0.5, 0.6) is 0 Å². The van der Waals surface area contributed by atoms with Gasteiger partial charge in [-0.15, -0.1) is 0 Å². The summed E-state index contributed by atoms with van der Waals surface area (Å²) in [5, 5.41) is 1.26. The van der Waals surface area contributed by atoms with Crippen molar-refractivity contribution in [2.45, 2.75) is 0 Å². The molecule has 0 atom stereocenters. The summed E-state index contributed by atoms with van der Waals surface area (Å²) in [5.41, 5.74) is 3.16. The number of nitrogens with one attached hydrogen (secondary N) is 1. The number of nitrogens with two attached hydrogens (primary N) is 1. The van der Waals surface area contributed by atoms with E-state index in [1.165, 1.54) is 0 Å². The van der Waals surface area contributed by atoms with Crippen LogP contribution in [0.1, 0.15) is 0 Å². The molecule has 19 heavy (non-hydrogen) atoms. The fourth-order valence-electron chi connectivity index (χ4n) is 2.13. The third kappa shape index (κ3) is 3.98. The van der Waals surface area contributed by atoms with Gasteiger partial charge in [0.2, 0.25) is 5.91 Å². The fraction of sp³-hybridized carbons (Fsp3) is 0.417. The van der Waals surface area contributed by atoms with Crippen molar-refractivity contribution < 1.29 is 4.79 Å². The summed E-state index contributed by atoms with van der Waals surface area (Å²) in [6.07, 6.45) is 0. The highest BCUT2D eigenvalue weighted by Crippen LogP contribution is 2.26. The Balaban J connectivity index is 1.94. The van der Waals surface area contributed by atoms with Crippen LogP contribution in [-0.2, 0) is 4.79 Å². The van der Waals surface area contributed by atoms with Gasteiger partial charge in [0.15, 0.2) is 0 Å². The lowest BCUT2D eigenvalue weighted by atomic mass is 10.2. The topological polar surface area (TPSA) is 61.6 Å². The highest BCUT2D eigenvalue weighted by molar-refractivity contribution is 6.35. The summed E-state index contributed by atoms with van der Waals surface area (Å²) in [5.74, 6) is 4.91. The first-order chi connectivity index (χ1) is 9.08. The van der Waals surface area contributed by atoms with Crippen LogP contribution in [0.15, 0.2) is 18.2 Å². The molecule has 0 radical (unpaired) electrons. The van der Waals surface area contributed by atoms with Crippen LogP contribution >= 0.6 is 23.2 Å². The van der Waals surface area contributed by atoms with E-state index in [0.717, 1.165) is 31.9 Å². The monoisotopic (exact) mass is 302 g/mol. The lowest BCUT2D eigenvalue weighted by molar-refractivity contribution is -0.122. The van der Waals surface area contributed by atoms with Gasteiger partial charge < -0.3 is 4.90 Å². The Morgan fingerprint density at radius 3 is 2.26 bits per heavy atom. The molecule has 1 aromatic rings. The second kappa shape index (κ2) is 6.43. The Bertz CT molecular complexity index is 441. The normalized spacial score (nSPS) is 16.5. The van der Waals surface area contributed by atoms with E-state index in [2.05, 4.69) is 15.2 Å². The van der Waals surface area contributed by atoms with Crippen molar-refractivity contribution in [1.82, 2.24) is 10.3 Å². The van der Waals surface area contributed by atoms with Gasteiger partial charge in [-0.3, -0.25) is 15.1 Å². The zero-order chi connectivity index (χ0) is 13.8. The Hall–Kier alpha value is -1.01. The largest absolute Gasteiger partial charge is 0.369 e. The van der Waals surface area contributed by atoms with Crippen LogP contribution in [0.2, 0.25) is 10.0 Å². The summed E-state index contributed by atoms with van der Waals surface area (Å²) in [7, 11) is 0. The second-order valence-corrected chi connectivity index (χ2v) is 5.33. The van der Waals surface area contributed by atoms with E-state index in [1.54, 1.807) is 6.07 Å². The number of amides is 1. The molecule has 1 heterocycles. The summed E-state index contributed by atoms with van der Waals surface area (Å²) < 4.78 is 0. The number of anilines is 1. The highest BCUT2D eigenvalue weighted by atomic mass is 35.5. The number of carbonyl (C=O) groups excluding carboxylic acids is 1. The molecule has 0 bridgehead atoms. The first-order valence-corrected chi connectivity index (χ1v) is 6.77. The fourth-order valence-corrected chi connectivity index (χ4v) is 2.65. The van der Waals surface area contributed by atoms with Crippen molar-refractivity contribution in [1.29, 1.82) is 0 Å². The average Bonchev–Trinajstić information content (AvgIpc) is 2.38. The maximum Gasteiger partial charge on any atom is 0.248 e. The molecule has 1 aliphatic rings. The minimum Gasteiger partial charge on any atom is -0.369 e. The third-order valence-corrected chi connectivity index (χ3v) is 3.55. The van der Waals surface area contributed by atoms with Crippen LogP contribution in [-0.4, -0.2) is 43.5 Å². The van der Waals surface area contributed by atoms with Gasteiger partial charge in [-0.1, -0.05) is 23.2 Å². The SMILES string of the molecule is NNC(=O)CN1CCN(c2cc(Cl)cc(Cl)c2)CC1. The summed E-state index contributed by atoms with van der Waals surface area (Å²) in [6, 6.07) is 5.51. The van der Waals surface area contributed by atoms with Crippen LogP contribution < -0.4 is 16.2 Å². The second-order valence-electron chi connectivity index (χ2n) is 4.46. The van der Waals surface area contributed by atoms with Crippen LogP contribution in [0.25, 0.3) is 0 Å². The quantitative estimate of drug-likeness (QED) is 0.499. The number of nitrogens with zero attached hydrogens (tertiary/aromatic N) is 2. The highest BCUT2D eigenvalue weighted by Gasteiger charge is 2.19. The van der Waals surface area contributed by atoms with E-state index in [0.29, 0.717) is 16.6 Å². The Morgan fingerprint density at radius 1 is 1.16 bits per heavy atom. The van der Waals surface area contributed by atoms with Crippen molar-refractivity contribution in [3.63, 3.8) is 0 Å². The van der Waals surface area contributed by atoms with Gasteiger partial charge in [-0.05, 0) is 18.2 Å². The molecule has 1 fully saturated rings. The number of rotatable bonds is 3. The molecule has 5 nitrogen and oxygen atoms in total. The van der Waals surface area contributed by atoms with Crippen molar-refractivity contribution >= 4 is 34.8 Å². The number of hydrazine groups is 1. The van der Waals surface area contributed by atoms with Gasteiger partial charge in [0.1, 0.15) is 0 Å². The number of carbonyl (C=O) groups is 1. The van der Waals surface area contributed by atoms with E-state index in [-0.39, 0.29) is 5.91 Å². The molecular weight excluding hydrogens is 287 g/mol. The first kappa shape index (κ1) is 14.4. The number of hydrogen-bond donors (Lipinski definition) is 2. The molecule has 0 aliphatic carbocycles. The van der Waals surface area contributed by atoms with Gasteiger partial charge >= 0.3 is 0 Å². The van der Waals surface area contributed by atoms with Gasteiger partial charge in [0.05, 0.1) is 6.54 Å². The molecule has 1 amide bonds. The third-order valence-electron chi connectivity index (χ3n) is 3.11. The van der Waals surface area contributed by atoms with E-state index in [9.17, 15) is 4.79 Å². The molecule has 7 heteroatoms. The van der Waals surface area contributed by atoms with Crippen molar-refractivity contribution in [2.24, 2.45) is 5.84 Å². The van der Waals surface area contributed by atoms with E-state index in [1.807, 2.05) is 12.1 Å². The Labute approximate surface area is 122 Å². The lowest BCUT2D eigenvalue weighted by Gasteiger charge is -2.35. The van der Waals surface area contributed by atoms with Crippen molar-refractivity contribution in [3.05, 3.63) is 28.2 Å². The molecule has 0 saturated carbocycles. The zero-order valence-corrected chi connectivity index (χ0v) is 11.9. The lowest BCUT2D eigenvalue weighted by Crippen LogP contribution is -2.50. The van der Waals surface area contributed by atoms with Crippen molar-refractivity contribution in [2.75, 3.05) is 37.6 Å². The minimum atomic E-state index is -0.167. The van der Waals surface area contributed by atoms with Crippen LogP contribution in [0, 0.1) is 0 Å². The predicted molar refractivity (Wildman–Crippen MR) is 77.4 cm³/mol. The molecule has 104 valence electrons. The summed E-state index contributed by atoms with van der Waals surface area (Å²) in [4.78, 5) is 15.5. The molecule has 2 rings (SSSR count). The van der Waals surface area contributed by atoms with Crippen LogP contribution in [0.3, 0.4) is 0 Å². The van der Waals surface area contributed by atoms with Gasteiger partial charge in [0.25, 0.3) is 0 Å². The number of halogens is 2. The zero-order valence-electron chi connectivity index (χ0n) is 10.4. The smallest absolute Gasteiger partial charge is 0.248 e. The average molecular weight is 303 g/mol. The molecular formula is C12H16Cl2N4O. The summed E-state index contributed by atoms with van der Waals surface area (Å²) in [6.45, 7) is 3.60. The standard InChI is InChI=1S/C12H16Cl2N4O/c13-9-5-10(14)7-11(6-9)18-3-1-17(2-4-18)8-12(19)16-15/h5-7H,1-4,8,15H2,(H,16,19). The van der Waals surface area contributed by atoms with E-state index >= 15 is 0 Å². The molecule has 1 aliphatic heterocycles. The van der Waals surface area contributed by atoms with Gasteiger partial charge in [-0.25, -0.2) is 5.84 Å². The maximum absolute atomic E-state index is 11.2. The Morgan fingerprint density at radius 2 is 1.74 bits per heavy atom. The molecule has 3 N–H and O–H groups in total. The van der Waals surface area contributed by atoms with Crippen LogP contribution in [0.4, 0.5) is 5.69 Å². The van der Waals surface area contributed by atoms with Crippen molar-refractivity contribution in [3.8, 4) is 0 Å². The van der Waals surface area contributed by atoms with E-state index in [4.69, 9.17) is 29.0 Å². The molecule has 1 saturated heterocycles. The van der Waals surface area contributed by atoms with Gasteiger partial charge in [0, 0.05) is 41.9 Å². The van der Waals surface area contributed by atoms with E-state index < -0.39 is 0 Å². The molecule has 0 aromatic heterocycles. The summed E-state index contributed by atoms with van der Waals surface area (Å²) >= 11 is 12.0.